The standard InChI is InChI=1S/C19H25F3N2O3/c1-5-6-14-11-18(26,19(20,21)22)24(23-14)16(25)12-27-15-9-7-13(8-10-15)17(2,3)4/h7-10,26H,5-6,11-12H2,1-4H3/t18-/m1/s1. The Labute approximate surface area is 156 Å². The molecule has 150 valence electrons. The number of halogens is 3. The molecule has 0 saturated carbocycles. The summed E-state index contributed by atoms with van der Waals surface area (Å²) in [5.41, 5.74) is -2.19. The number of amides is 1. The summed E-state index contributed by atoms with van der Waals surface area (Å²) >= 11 is 0. The lowest BCUT2D eigenvalue weighted by Gasteiger charge is -2.32. The molecule has 0 unspecified atom stereocenters. The van der Waals surface area contributed by atoms with Gasteiger partial charge in [0.2, 0.25) is 0 Å². The summed E-state index contributed by atoms with van der Waals surface area (Å²) in [4.78, 5) is 12.3. The van der Waals surface area contributed by atoms with Gasteiger partial charge in [-0.3, -0.25) is 4.79 Å². The average molecular weight is 386 g/mol. The second-order valence-corrected chi connectivity index (χ2v) is 7.68. The second kappa shape index (κ2) is 7.50. The molecule has 1 aliphatic rings. The summed E-state index contributed by atoms with van der Waals surface area (Å²) < 4.78 is 45.3. The molecule has 0 aromatic heterocycles. The highest BCUT2D eigenvalue weighted by Gasteiger charge is 2.63. The Morgan fingerprint density at radius 1 is 1.26 bits per heavy atom. The van der Waals surface area contributed by atoms with E-state index < -0.39 is 30.8 Å². The fourth-order valence-corrected chi connectivity index (χ4v) is 2.79. The number of carbonyl (C=O) groups is 1. The van der Waals surface area contributed by atoms with E-state index in [9.17, 15) is 23.1 Å². The van der Waals surface area contributed by atoms with Gasteiger partial charge in [-0.25, -0.2) is 0 Å². The van der Waals surface area contributed by atoms with Crippen LogP contribution in [0.25, 0.3) is 0 Å². The molecular formula is C19H25F3N2O3. The van der Waals surface area contributed by atoms with Crippen molar-refractivity contribution in [1.29, 1.82) is 0 Å². The highest BCUT2D eigenvalue weighted by molar-refractivity contribution is 5.91. The van der Waals surface area contributed by atoms with Crippen LogP contribution in [0.4, 0.5) is 13.2 Å². The normalized spacial score (nSPS) is 20.6. The molecule has 0 saturated heterocycles. The third-order valence-corrected chi connectivity index (χ3v) is 4.35. The van der Waals surface area contributed by atoms with Gasteiger partial charge in [0.15, 0.2) is 6.61 Å². The number of rotatable bonds is 5. The quantitative estimate of drug-likeness (QED) is 0.832. The zero-order valence-corrected chi connectivity index (χ0v) is 15.9. The van der Waals surface area contributed by atoms with Crippen LogP contribution in [0.5, 0.6) is 5.75 Å². The van der Waals surface area contributed by atoms with E-state index in [4.69, 9.17) is 4.74 Å². The van der Waals surface area contributed by atoms with Crippen molar-refractivity contribution in [3.05, 3.63) is 29.8 Å². The first-order chi connectivity index (χ1) is 12.4. The summed E-state index contributed by atoms with van der Waals surface area (Å²) in [5, 5.41) is 13.9. The lowest BCUT2D eigenvalue weighted by Crippen LogP contribution is -2.57. The maximum absolute atomic E-state index is 13.3. The molecule has 27 heavy (non-hydrogen) atoms. The van der Waals surface area contributed by atoms with Gasteiger partial charge < -0.3 is 9.84 Å². The molecule has 1 aromatic carbocycles. The molecular weight excluding hydrogens is 361 g/mol. The lowest BCUT2D eigenvalue weighted by molar-refractivity contribution is -0.302. The van der Waals surface area contributed by atoms with Gasteiger partial charge in [-0.1, -0.05) is 46.2 Å². The molecule has 0 aliphatic carbocycles. The van der Waals surface area contributed by atoms with Crippen LogP contribution in [0.15, 0.2) is 29.4 Å². The van der Waals surface area contributed by atoms with Crippen LogP contribution in [0.2, 0.25) is 0 Å². The van der Waals surface area contributed by atoms with Crippen LogP contribution in [-0.4, -0.2) is 40.2 Å². The van der Waals surface area contributed by atoms with Gasteiger partial charge in [0.1, 0.15) is 5.75 Å². The maximum Gasteiger partial charge on any atom is 0.438 e. The lowest BCUT2D eigenvalue weighted by atomic mass is 9.87. The zero-order valence-electron chi connectivity index (χ0n) is 15.9. The van der Waals surface area contributed by atoms with Gasteiger partial charge in [0.05, 0.1) is 0 Å². The minimum absolute atomic E-state index is 0.0580. The summed E-state index contributed by atoms with van der Waals surface area (Å²) in [6.45, 7) is 7.26. The molecule has 0 radical (unpaired) electrons. The van der Waals surface area contributed by atoms with Crippen LogP contribution in [0, 0.1) is 0 Å². The number of hydrogen-bond acceptors (Lipinski definition) is 4. The molecule has 1 N–H and O–H groups in total. The summed E-state index contributed by atoms with van der Waals surface area (Å²) in [6, 6.07) is 6.97. The zero-order chi connectivity index (χ0) is 20.5. The van der Waals surface area contributed by atoms with Crippen molar-refractivity contribution in [2.24, 2.45) is 5.10 Å². The SMILES string of the molecule is CCCC1=NN(C(=O)COc2ccc(C(C)(C)C)cc2)[C@](O)(C(F)(F)F)C1. The van der Waals surface area contributed by atoms with Crippen LogP contribution in [-0.2, 0) is 10.2 Å². The Bertz CT molecular complexity index is 708. The maximum atomic E-state index is 13.3. The van der Waals surface area contributed by atoms with Crippen molar-refractivity contribution < 1.29 is 27.8 Å². The van der Waals surface area contributed by atoms with E-state index >= 15 is 0 Å². The Hall–Kier alpha value is -2.09. The van der Waals surface area contributed by atoms with Gasteiger partial charge in [-0.15, -0.1) is 0 Å². The fraction of sp³-hybridized carbons (Fsp3) is 0.579. The number of ether oxygens (including phenoxy) is 1. The Morgan fingerprint density at radius 3 is 2.33 bits per heavy atom. The smallest absolute Gasteiger partial charge is 0.438 e. The third kappa shape index (κ3) is 4.61. The van der Waals surface area contributed by atoms with E-state index in [2.05, 4.69) is 5.10 Å². The molecule has 1 heterocycles. The van der Waals surface area contributed by atoms with Gasteiger partial charge in [-0.2, -0.15) is 23.3 Å². The van der Waals surface area contributed by atoms with Gasteiger partial charge in [-0.05, 0) is 29.5 Å². The first-order valence-corrected chi connectivity index (χ1v) is 8.80. The molecule has 1 atom stereocenters. The number of alkyl halides is 3. The van der Waals surface area contributed by atoms with E-state index in [1.54, 1.807) is 19.1 Å². The fourth-order valence-electron chi connectivity index (χ4n) is 2.79. The van der Waals surface area contributed by atoms with Gasteiger partial charge >= 0.3 is 6.18 Å². The largest absolute Gasteiger partial charge is 0.484 e. The first-order valence-electron chi connectivity index (χ1n) is 8.80. The minimum Gasteiger partial charge on any atom is -0.484 e. The predicted molar refractivity (Wildman–Crippen MR) is 95.4 cm³/mol. The summed E-state index contributed by atoms with van der Waals surface area (Å²) in [5.74, 6) is -0.704. The second-order valence-electron chi connectivity index (χ2n) is 7.68. The third-order valence-electron chi connectivity index (χ3n) is 4.35. The van der Waals surface area contributed by atoms with Gasteiger partial charge in [0.25, 0.3) is 11.6 Å². The van der Waals surface area contributed by atoms with E-state index in [0.717, 1.165) is 5.56 Å². The van der Waals surface area contributed by atoms with Crippen molar-refractivity contribution in [2.45, 2.75) is 64.3 Å². The summed E-state index contributed by atoms with van der Waals surface area (Å²) in [7, 11) is 0. The number of nitrogens with zero attached hydrogens (tertiary/aromatic N) is 2. The molecule has 1 aromatic rings. The Balaban J connectivity index is 2.11. The number of carbonyl (C=O) groups excluding carboxylic acids is 1. The van der Waals surface area contributed by atoms with Crippen molar-refractivity contribution in [3.63, 3.8) is 0 Å². The Kier molecular flexibility index (Phi) is 5.89. The molecule has 1 aliphatic heterocycles. The monoisotopic (exact) mass is 386 g/mol. The molecule has 1 amide bonds. The average Bonchev–Trinajstić information content (AvgIpc) is 2.90. The van der Waals surface area contributed by atoms with E-state index in [0.29, 0.717) is 12.2 Å². The number of hydrazone groups is 1. The highest BCUT2D eigenvalue weighted by atomic mass is 19.4. The number of benzene rings is 1. The predicted octanol–water partition coefficient (Wildman–Crippen LogP) is 4.00. The van der Waals surface area contributed by atoms with Crippen molar-refractivity contribution in [1.82, 2.24) is 5.01 Å². The highest BCUT2D eigenvalue weighted by Crippen LogP contribution is 2.40. The van der Waals surface area contributed by atoms with E-state index in [1.165, 1.54) is 0 Å². The molecule has 2 rings (SSSR count). The Morgan fingerprint density at radius 2 is 1.85 bits per heavy atom. The molecule has 0 spiro atoms. The molecule has 0 bridgehead atoms. The topological polar surface area (TPSA) is 62.1 Å². The first kappa shape index (κ1) is 21.2. The minimum atomic E-state index is -5.02. The van der Waals surface area contributed by atoms with Crippen LogP contribution in [0.1, 0.15) is 52.5 Å². The van der Waals surface area contributed by atoms with Crippen LogP contribution < -0.4 is 4.74 Å². The van der Waals surface area contributed by atoms with Crippen LogP contribution in [0.3, 0.4) is 0 Å². The molecule has 0 fully saturated rings. The van der Waals surface area contributed by atoms with Gasteiger partial charge in [0, 0.05) is 12.1 Å². The molecule has 5 nitrogen and oxygen atoms in total. The van der Waals surface area contributed by atoms with Crippen LogP contribution >= 0.6 is 0 Å². The number of hydrogen-bond donors (Lipinski definition) is 1. The number of aliphatic hydroxyl groups is 1. The summed E-state index contributed by atoms with van der Waals surface area (Å²) in [6.07, 6.45) is -4.92. The molecule has 8 heteroatoms. The van der Waals surface area contributed by atoms with Crippen molar-refractivity contribution in [2.75, 3.05) is 6.61 Å². The van der Waals surface area contributed by atoms with E-state index in [1.807, 2.05) is 32.9 Å². The van der Waals surface area contributed by atoms with Crippen molar-refractivity contribution in [3.8, 4) is 5.75 Å². The van der Waals surface area contributed by atoms with E-state index in [-0.39, 0.29) is 22.6 Å². The van der Waals surface area contributed by atoms with Crippen molar-refractivity contribution >= 4 is 11.6 Å².